The first-order chi connectivity index (χ1) is 11.5. The summed E-state index contributed by atoms with van der Waals surface area (Å²) in [7, 11) is 0. The standard InChI is InChI=1S/C17H22N2O5/c1-2-15(20)18-13-3-5-14(6-4-13)24-11-16(21)19-9-7-12(8-10-19)17(22)23/h3-6,12H,2,7-11H2,1H3,(H,18,20)(H,22,23). The molecule has 2 rings (SSSR count). The first-order valence-corrected chi connectivity index (χ1v) is 8.03. The number of nitrogens with zero attached hydrogens (tertiary/aromatic N) is 1. The highest BCUT2D eigenvalue weighted by molar-refractivity contribution is 5.90. The molecule has 7 nitrogen and oxygen atoms in total. The average molecular weight is 334 g/mol. The summed E-state index contributed by atoms with van der Waals surface area (Å²) in [4.78, 5) is 35.9. The number of carbonyl (C=O) groups is 3. The molecule has 130 valence electrons. The fourth-order valence-corrected chi connectivity index (χ4v) is 2.50. The molecule has 0 atom stereocenters. The number of likely N-dealkylation sites (tertiary alicyclic amines) is 1. The third-order valence-electron chi connectivity index (χ3n) is 4.02. The number of piperidine rings is 1. The van der Waals surface area contributed by atoms with Crippen LogP contribution in [0.15, 0.2) is 24.3 Å². The van der Waals surface area contributed by atoms with E-state index in [1.54, 1.807) is 36.1 Å². The molecule has 1 aliphatic rings. The molecule has 24 heavy (non-hydrogen) atoms. The van der Waals surface area contributed by atoms with Gasteiger partial charge in [-0.3, -0.25) is 14.4 Å². The van der Waals surface area contributed by atoms with Gasteiger partial charge < -0.3 is 20.1 Å². The number of hydrogen-bond acceptors (Lipinski definition) is 4. The SMILES string of the molecule is CCC(=O)Nc1ccc(OCC(=O)N2CCC(C(=O)O)CC2)cc1. The van der Waals surface area contributed by atoms with E-state index in [0.29, 0.717) is 43.8 Å². The van der Waals surface area contributed by atoms with Crippen LogP contribution in [-0.4, -0.2) is 47.5 Å². The van der Waals surface area contributed by atoms with Crippen LogP contribution in [0.25, 0.3) is 0 Å². The Kier molecular flexibility index (Phi) is 6.17. The van der Waals surface area contributed by atoms with Crippen molar-refractivity contribution in [2.24, 2.45) is 5.92 Å². The van der Waals surface area contributed by atoms with Crippen LogP contribution in [0.5, 0.6) is 5.75 Å². The lowest BCUT2D eigenvalue weighted by atomic mass is 9.97. The molecule has 1 aliphatic heterocycles. The van der Waals surface area contributed by atoms with Gasteiger partial charge >= 0.3 is 5.97 Å². The zero-order chi connectivity index (χ0) is 17.5. The third kappa shape index (κ3) is 4.97. The predicted octanol–water partition coefficient (Wildman–Crippen LogP) is 1.74. The van der Waals surface area contributed by atoms with Crippen molar-refractivity contribution >= 4 is 23.5 Å². The van der Waals surface area contributed by atoms with Gasteiger partial charge in [-0.1, -0.05) is 6.92 Å². The van der Waals surface area contributed by atoms with Gasteiger partial charge in [-0.15, -0.1) is 0 Å². The van der Waals surface area contributed by atoms with Crippen LogP contribution < -0.4 is 10.1 Å². The molecule has 0 bridgehead atoms. The minimum Gasteiger partial charge on any atom is -0.484 e. The number of rotatable bonds is 6. The number of nitrogens with one attached hydrogen (secondary N) is 1. The molecule has 0 saturated carbocycles. The summed E-state index contributed by atoms with van der Waals surface area (Å²) in [6.07, 6.45) is 1.37. The number of amides is 2. The van der Waals surface area contributed by atoms with E-state index in [0.717, 1.165) is 0 Å². The Balaban J connectivity index is 1.78. The molecule has 1 heterocycles. The molecule has 1 saturated heterocycles. The average Bonchev–Trinajstić information content (AvgIpc) is 2.60. The molecule has 0 aliphatic carbocycles. The number of carboxylic acids is 1. The number of carboxylic acid groups (broad SMARTS) is 1. The third-order valence-corrected chi connectivity index (χ3v) is 4.02. The summed E-state index contributed by atoms with van der Waals surface area (Å²) in [5.41, 5.74) is 0.677. The molecule has 1 aromatic rings. The Morgan fingerprint density at radius 2 is 1.83 bits per heavy atom. The molecule has 0 aromatic heterocycles. The molecule has 7 heteroatoms. The van der Waals surface area contributed by atoms with Crippen molar-refractivity contribution in [3.8, 4) is 5.75 Å². The van der Waals surface area contributed by atoms with Crippen LogP contribution in [0.1, 0.15) is 26.2 Å². The lowest BCUT2D eigenvalue weighted by Crippen LogP contribution is -2.42. The second kappa shape index (κ2) is 8.33. The fourth-order valence-electron chi connectivity index (χ4n) is 2.50. The molecule has 2 N–H and O–H groups in total. The topological polar surface area (TPSA) is 95.9 Å². The van der Waals surface area contributed by atoms with Gasteiger partial charge in [0.2, 0.25) is 5.91 Å². The van der Waals surface area contributed by atoms with Gasteiger partial charge in [-0.25, -0.2) is 0 Å². The summed E-state index contributed by atoms with van der Waals surface area (Å²) in [5.74, 6) is -0.835. The van der Waals surface area contributed by atoms with Crippen LogP contribution in [0.3, 0.4) is 0 Å². The number of anilines is 1. The zero-order valence-electron chi connectivity index (χ0n) is 13.7. The van der Waals surface area contributed by atoms with Crippen molar-refractivity contribution in [2.75, 3.05) is 25.0 Å². The van der Waals surface area contributed by atoms with Gasteiger partial charge in [0.1, 0.15) is 5.75 Å². The van der Waals surface area contributed by atoms with E-state index in [1.807, 2.05) is 0 Å². The fraction of sp³-hybridized carbons (Fsp3) is 0.471. The Hall–Kier alpha value is -2.57. The van der Waals surface area contributed by atoms with E-state index in [4.69, 9.17) is 9.84 Å². The monoisotopic (exact) mass is 334 g/mol. The summed E-state index contributed by atoms with van der Waals surface area (Å²) >= 11 is 0. The van der Waals surface area contributed by atoms with E-state index in [2.05, 4.69) is 5.32 Å². The number of aliphatic carboxylic acids is 1. The van der Waals surface area contributed by atoms with Gasteiger partial charge in [0, 0.05) is 25.2 Å². The molecule has 1 aromatic carbocycles. The first kappa shape index (κ1) is 17.8. The summed E-state index contributed by atoms with van der Waals surface area (Å²) in [6.45, 7) is 2.58. The van der Waals surface area contributed by atoms with Gasteiger partial charge in [-0.05, 0) is 37.1 Å². The van der Waals surface area contributed by atoms with Crippen molar-refractivity contribution in [1.29, 1.82) is 0 Å². The van der Waals surface area contributed by atoms with E-state index >= 15 is 0 Å². The summed E-state index contributed by atoms with van der Waals surface area (Å²) in [6, 6.07) is 6.81. The van der Waals surface area contributed by atoms with E-state index in [9.17, 15) is 14.4 Å². The van der Waals surface area contributed by atoms with Crippen LogP contribution in [0.4, 0.5) is 5.69 Å². The molecule has 0 spiro atoms. The maximum Gasteiger partial charge on any atom is 0.306 e. The van der Waals surface area contributed by atoms with Crippen molar-refractivity contribution in [2.45, 2.75) is 26.2 Å². The highest BCUT2D eigenvalue weighted by atomic mass is 16.5. The van der Waals surface area contributed by atoms with Crippen molar-refractivity contribution in [1.82, 2.24) is 4.90 Å². The molecule has 0 radical (unpaired) electrons. The quantitative estimate of drug-likeness (QED) is 0.826. The van der Waals surface area contributed by atoms with Crippen LogP contribution >= 0.6 is 0 Å². The maximum atomic E-state index is 12.1. The zero-order valence-corrected chi connectivity index (χ0v) is 13.7. The highest BCUT2D eigenvalue weighted by Crippen LogP contribution is 2.19. The number of hydrogen-bond donors (Lipinski definition) is 2. The first-order valence-electron chi connectivity index (χ1n) is 8.03. The van der Waals surface area contributed by atoms with Crippen LogP contribution in [0.2, 0.25) is 0 Å². The van der Waals surface area contributed by atoms with Crippen LogP contribution in [-0.2, 0) is 14.4 Å². The summed E-state index contributed by atoms with van der Waals surface area (Å²) in [5, 5.41) is 11.7. The lowest BCUT2D eigenvalue weighted by Gasteiger charge is -2.30. The summed E-state index contributed by atoms with van der Waals surface area (Å²) < 4.78 is 5.46. The van der Waals surface area contributed by atoms with E-state index < -0.39 is 5.97 Å². The minimum atomic E-state index is -0.798. The van der Waals surface area contributed by atoms with Crippen LogP contribution in [0, 0.1) is 5.92 Å². The second-order valence-corrected chi connectivity index (χ2v) is 5.71. The Labute approximate surface area is 140 Å². The van der Waals surface area contributed by atoms with Crippen molar-refractivity contribution in [3.63, 3.8) is 0 Å². The van der Waals surface area contributed by atoms with Gasteiger partial charge in [0.15, 0.2) is 6.61 Å². The Morgan fingerprint density at radius 1 is 1.21 bits per heavy atom. The van der Waals surface area contributed by atoms with Gasteiger partial charge in [0.25, 0.3) is 5.91 Å². The number of ether oxygens (including phenoxy) is 1. The highest BCUT2D eigenvalue weighted by Gasteiger charge is 2.26. The molecule has 2 amide bonds. The molecular weight excluding hydrogens is 312 g/mol. The lowest BCUT2D eigenvalue weighted by molar-refractivity contribution is -0.146. The number of carbonyl (C=O) groups excluding carboxylic acids is 2. The van der Waals surface area contributed by atoms with E-state index in [-0.39, 0.29) is 24.3 Å². The van der Waals surface area contributed by atoms with E-state index in [1.165, 1.54) is 0 Å². The molecule has 0 unspecified atom stereocenters. The normalized spacial score (nSPS) is 15.0. The maximum absolute atomic E-state index is 12.1. The Bertz CT molecular complexity index is 592. The van der Waals surface area contributed by atoms with Crippen molar-refractivity contribution in [3.05, 3.63) is 24.3 Å². The van der Waals surface area contributed by atoms with Gasteiger partial charge in [0.05, 0.1) is 5.92 Å². The second-order valence-electron chi connectivity index (χ2n) is 5.71. The smallest absolute Gasteiger partial charge is 0.306 e. The van der Waals surface area contributed by atoms with Gasteiger partial charge in [-0.2, -0.15) is 0 Å². The van der Waals surface area contributed by atoms with Crippen molar-refractivity contribution < 1.29 is 24.2 Å². The predicted molar refractivity (Wildman–Crippen MR) is 87.8 cm³/mol. The minimum absolute atomic E-state index is 0.0661. The number of benzene rings is 1. The molecule has 1 fully saturated rings. The Morgan fingerprint density at radius 3 is 2.38 bits per heavy atom. The molecular formula is C17H22N2O5. The largest absolute Gasteiger partial charge is 0.484 e.